The lowest BCUT2D eigenvalue weighted by atomic mass is 10.1. The molecule has 10 heteroatoms. The van der Waals surface area contributed by atoms with Crippen molar-refractivity contribution in [3.63, 3.8) is 0 Å². The predicted molar refractivity (Wildman–Crippen MR) is 97.3 cm³/mol. The molecule has 0 bridgehead atoms. The van der Waals surface area contributed by atoms with Gasteiger partial charge in [-0.15, -0.1) is 0 Å². The quantitative estimate of drug-likeness (QED) is 0.562. The summed E-state index contributed by atoms with van der Waals surface area (Å²) in [5.74, 6) is 2.08. The maximum Gasteiger partial charge on any atom is 0.257 e. The lowest BCUT2D eigenvalue weighted by Crippen LogP contribution is -2.22. The van der Waals surface area contributed by atoms with Gasteiger partial charge in [-0.2, -0.15) is 4.98 Å². The van der Waals surface area contributed by atoms with Crippen molar-refractivity contribution in [3.05, 3.63) is 29.9 Å². The number of fused-ring (bicyclic) bond motifs is 1. The average molecular weight is 396 g/mol. The van der Waals surface area contributed by atoms with Gasteiger partial charge < -0.3 is 8.94 Å². The second kappa shape index (κ2) is 7.37. The molecule has 0 aliphatic heterocycles. The topological polar surface area (TPSA) is 102 Å². The number of sulfonamides is 1. The third-order valence-electron chi connectivity index (χ3n) is 3.54. The third-order valence-corrected chi connectivity index (χ3v) is 6.16. The summed E-state index contributed by atoms with van der Waals surface area (Å²) in [7, 11) is -0.535. The van der Waals surface area contributed by atoms with E-state index in [1.807, 2.05) is 0 Å². The highest BCUT2D eigenvalue weighted by Gasteiger charge is 2.19. The number of hydrogen-bond acceptors (Lipinski definition) is 8. The molecule has 26 heavy (non-hydrogen) atoms. The van der Waals surface area contributed by atoms with Crippen LogP contribution in [0.5, 0.6) is 0 Å². The fourth-order valence-electron chi connectivity index (χ4n) is 2.24. The van der Waals surface area contributed by atoms with Crippen molar-refractivity contribution in [3.8, 4) is 0 Å². The van der Waals surface area contributed by atoms with Crippen molar-refractivity contribution in [1.82, 2.24) is 19.4 Å². The number of hydrogen-bond donors (Lipinski definition) is 0. The summed E-state index contributed by atoms with van der Waals surface area (Å²) in [6.45, 7) is 4.18. The van der Waals surface area contributed by atoms with Crippen LogP contribution in [0.2, 0.25) is 0 Å². The Balaban J connectivity index is 1.74. The molecule has 0 saturated carbocycles. The summed E-state index contributed by atoms with van der Waals surface area (Å²) in [6.07, 6.45) is 0.764. The SMILES string of the molecule is CC(C)Cc1noc(CSc2nc3cc(S(=O)(=O)N(C)C)ccc3o2)n1. The molecule has 2 heterocycles. The Morgan fingerprint density at radius 3 is 2.69 bits per heavy atom. The van der Waals surface area contributed by atoms with E-state index in [-0.39, 0.29) is 4.90 Å². The van der Waals surface area contributed by atoms with Gasteiger partial charge in [0.05, 0.1) is 10.6 Å². The highest BCUT2D eigenvalue weighted by Crippen LogP contribution is 2.28. The number of oxazole rings is 1. The Morgan fingerprint density at radius 1 is 1.23 bits per heavy atom. The summed E-state index contributed by atoms with van der Waals surface area (Å²) in [6, 6.07) is 4.62. The number of benzene rings is 1. The van der Waals surface area contributed by atoms with Gasteiger partial charge in [0.15, 0.2) is 11.4 Å². The molecule has 0 amide bonds. The average Bonchev–Trinajstić information content (AvgIpc) is 3.17. The summed E-state index contributed by atoms with van der Waals surface area (Å²) >= 11 is 1.32. The highest BCUT2D eigenvalue weighted by atomic mass is 32.2. The monoisotopic (exact) mass is 396 g/mol. The molecule has 0 aliphatic rings. The molecule has 0 saturated heterocycles. The highest BCUT2D eigenvalue weighted by molar-refractivity contribution is 7.98. The van der Waals surface area contributed by atoms with E-state index in [2.05, 4.69) is 29.0 Å². The second-order valence-corrected chi connectivity index (χ2v) is 9.47. The molecule has 140 valence electrons. The number of nitrogens with zero attached hydrogens (tertiary/aromatic N) is 4. The van der Waals surface area contributed by atoms with Crippen LogP contribution in [0.1, 0.15) is 25.6 Å². The molecule has 2 aromatic heterocycles. The van der Waals surface area contributed by atoms with Crippen molar-refractivity contribution in [2.75, 3.05) is 14.1 Å². The van der Waals surface area contributed by atoms with Crippen LogP contribution in [0.3, 0.4) is 0 Å². The molecule has 8 nitrogen and oxygen atoms in total. The lowest BCUT2D eigenvalue weighted by Gasteiger charge is -2.10. The maximum absolute atomic E-state index is 12.2. The molecule has 3 aromatic rings. The van der Waals surface area contributed by atoms with Gasteiger partial charge in [-0.05, 0) is 24.1 Å². The van der Waals surface area contributed by atoms with Gasteiger partial charge in [-0.25, -0.2) is 17.7 Å². The molecule has 0 spiro atoms. The van der Waals surface area contributed by atoms with Gasteiger partial charge in [-0.3, -0.25) is 0 Å². The molecule has 0 radical (unpaired) electrons. The summed E-state index contributed by atoms with van der Waals surface area (Å²) < 4.78 is 36.4. The second-order valence-electron chi connectivity index (χ2n) is 6.39. The zero-order valence-corrected chi connectivity index (χ0v) is 16.6. The minimum atomic E-state index is -3.51. The lowest BCUT2D eigenvalue weighted by molar-refractivity contribution is 0.381. The van der Waals surface area contributed by atoms with Crippen LogP contribution in [0.15, 0.2) is 37.3 Å². The summed E-state index contributed by atoms with van der Waals surface area (Å²) in [4.78, 5) is 8.85. The first-order chi connectivity index (χ1) is 12.3. The van der Waals surface area contributed by atoms with Crippen molar-refractivity contribution in [2.45, 2.75) is 36.1 Å². The van der Waals surface area contributed by atoms with Gasteiger partial charge in [-0.1, -0.05) is 30.8 Å². The first-order valence-electron chi connectivity index (χ1n) is 8.03. The molecule has 0 N–H and O–H groups in total. The third kappa shape index (κ3) is 4.08. The minimum absolute atomic E-state index is 0.176. The summed E-state index contributed by atoms with van der Waals surface area (Å²) in [5, 5.41) is 4.36. The van der Waals surface area contributed by atoms with Gasteiger partial charge in [0.2, 0.25) is 15.9 Å². The van der Waals surface area contributed by atoms with E-state index in [4.69, 9.17) is 8.94 Å². The normalized spacial score (nSPS) is 12.5. The van der Waals surface area contributed by atoms with E-state index in [0.717, 1.165) is 10.7 Å². The van der Waals surface area contributed by atoms with Crippen LogP contribution in [0.25, 0.3) is 11.1 Å². The largest absolute Gasteiger partial charge is 0.431 e. The number of rotatable bonds is 7. The summed E-state index contributed by atoms with van der Waals surface area (Å²) in [5.41, 5.74) is 1.01. The first kappa shape index (κ1) is 18.9. The van der Waals surface area contributed by atoms with E-state index in [1.54, 1.807) is 6.07 Å². The Hall–Kier alpha value is -1.91. The van der Waals surface area contributed by atoms with Gasteiger partial charge in [0, 0.05) is 20.5 Å². The van der Waals surface area contributed by atoms with E-state index in [0.29, 0.717) is 39.7 Å². The van der Waals surface area contributed by atoms with E-state index in [9.17, 15) is 8.42 Å². The van der Waals surface area contributed by atoms with Gasteiger partial charge >= 0.3 is 0 Å². The standard InChI is InChI=1S/C16H20N4O4S2/c1-10(2)7-14-18-15(24-19-14)9-25-16-17-12-8-11(5-6-13(12)23-16)26(21,22)20(3)4/h5-6,8,10H,7,9H2,1-4H3. The smallest absolute Gasteiger partial charge is 0.257 e. The van der Waals surface area contributed by atoms with Gasteiger partial charge in [0.1, 0.15) is 5.52 Å². The fraction of sp³-hybridized carbons (Fsp3) is 0.438. The van der Waals surface area contributed by atoms with Crippen LogP contribution in [0, 0.1) is 5.92 Å². The molecule has 0 unspecified atom stereocenters. The van der Waals surface area contributed by atoms with Crippen LogP contribution in [0.4, 0.5) is 0 Å². The van der Waals surface area contributed by atoms with E-state index in [1.165, 1.54) is 38.0 Å². The van der Waals surface area contributed by atoms with Crippen molar-refractivity contribution >= 4 is 32.9 Å². The van der Waals surface area contributed by atoms with Gasteiger partial charge in [0.25, 0.3) is 5.22 Å². The molecule has 3 rings (SSSR count). The molecule has 1 aromatic carbocycles. The fourth-order valence-corrected chi connectivity index (χ4v) is 3.84. The van der Waals surface area contributed by atoms with Crippen LogP contribution < -0.4 is 0 Å². The Kier molecular flexibility index (Phi) is 5.35. The molecular weight excluding hydrogens is 376 g/mol. The predicted octanol–water partition coefficient (Wildman–Crippen LogP) is 2.95. The number of thioether (sulfide) groups is 1. The van der Waals surface area contributed by atoms with E-state index < -0.39 is 10.0 Å². The molecule has 0 aliphatic carbocycles. The zero-order valence-electron chi connectivity index (χ0n) is 15.0. The van der Waals surface area contributed by atoms with Crippen LogP contribution in [-0.4, -0.2) is 41.9 Å². The van der Waals surface area contributed by atoms with Crippen LogP contribution in [-0.2, 0) is 22.2 Å². The van der Waals surface area contributed by atoms with Crippen LogP contribution >= 0.6 is 11.8 Å². The number of aromatic nitrogens is 3. The van der Waals surface area contributed by atoms with Crippen molar-refractivity contribution in [1.29, 1.82) is 0 Å². The van der Waals surface area contributed by atoms with E-state index >= 15 is 0 Å². The maximum atomic E-state index is 12.2. The van der Waals surface area contributed by atoms with Crippen molar-refractivity contribution in [2.24, 2.45) is 5.92 Å². The zero-order chi connectivity index (χ0) is 18.9. The molecule has 0 atom stereocenters. The minimum Gasteiger partial charge on any atom is -0.431 e. The Bertz CT molecular complexity index is 1010. The Morgan fingerprint density at radius 2 is 2.00 bits per heavy atom. The first-order valence-corrected chi connectivity index (χ1v) is 10.5. The molecule has 0 fully saturated rings. The Labute approximate surface area is 156 Å². The molecular formula is C16H20N4O4S2. The van der Waals surface area contributed by atoms with Crippen molar-refractivity contribution < 1.29 is 17.4 Å².